The van der Waals surface area contributed by atoms with Crippen LogP contribution in [0.1, 0.15) is 39.0 Å². The van der Waals surface area contributed by atoms with E-state index < -0.39 is 10.8 Å². The van der Waals surface area contributed by atoms with Crippen molar-refractivity contribution in [2.75, 3.05) is 31.7 Å². The zero-order chi connectivity index (χ0) is 12.9. The van der Waals surface area contributed by atoms with Crippen LogP contribution in [0.25, 0.3) is 0 Å². The van der Waals surface area contributed by atoms with Crippen LogP contribution in [0, 0.1) is 0 Å². The second-order valence-corrected chi connectivity index (χ2v) is 5.55. The fourth-order valence-electron chi connectivity index (χ4n) is 1.45. The van der Waals surface area contributed by atoms with Gasteiger partial charge < -0.3 is 10.1 Å². The van der Waals surface area contributed by atoms with Gasteiger partial charge in [-0.15, -0.1) is 0 Å². The summed E-state index contributed by atoms with van der Waals surface area (Å²) in [5.74, 6) is 0.682. The highest BCUT2D eigenvalue weighted by atomic mass is 32.2. The first-order valence-electron chi connectivity index (χ1n) is 6.33. The van der Waals surface area contributed by atoms with Gasteiger partial charge >= 0.3 is 5.97 Å². The summed E-state index contributed by atoms with van der Waals surface area (Å²) in [7, 11) is -0.675. The zero-order valence-corrected chi connectivity index (χ0v) is 11.8. The minimum absolute atomic E-state index is 0.0918. The van der Waals surface area contributed by atoms with Crippen molar-refractivity contribution in [3.05, 3.63) is 0 Å². The van der Waals surface area contributed by atoms with Gasteiger partial charge in [0, 0.05) is 29.2 Å². The lowest BCUT2D eigenvalue weighted by atomic mass is 10.2. The van der Waals surface area contributed by atoms with Gasteiger partial charge in [-0.25, -0.2) is 0 Å². The molecule has 1 atom stereocenters. The van der Waals surface area contributed by atoms with Gasteiger partial charge in [0.25, 0.3) is 0 Å². The van der Waals surface area contributed by atoms with E-state index in [0.29, 0.717) is 13.0 Å². The second-order valence-electron chi connectivity index (χ2n) is 4.00. The molecule has 4 nitrogen and oxygen atoms in total. The Morgan fingerprint density at radius 3 is 2.53 bits per heavy atom. The molecule has 102 valence electrons. The van der Waals surface area contributed by atoms with Gasteiger partial charge in [-0.3, -0.25) is 9.00 Å². The standard InChI is InChI=1S/C12H25NO3S/c1-3-16-12(14)8-5-4-6-9-13-10-7-11-17(2)15/h13H,3-11H2,1-2H3. The number of hydrogen-bond donors (Lipinski definition) is 1. The van der Waals surface area contributed by atoms with Crippen molar-refractivity contribution < 1.29 is 13.7 Å². The number of carbonyl (C=O) groups excluding carboxylic acids is 1. The molecular formula is C12H25NO3S. The number of hydrogen-bond acceptors (Lipinski definition) is 4. The van der Waals surface area contributed by atoms with Gasteiger partial charge in [0.05, 0.1) is 6.61 Å². The molecule has 0 spiro atoms. The van der Waals surface area contributed by atoms with E-state index in [4.69, 9.17) is 4.74 Å². The monoisotopic (exact) mass is 263 g/mol. The predicted octanol–water partition coefficient (Wildman–Crippen LogP) is 1.47. The van der Waals surface area contributed by atoms with Gasteiger partial charge in [0.15, 0.2) is 0 Å². The molecule has 0 aliphatic rings. The average Bonchev–Trinajstić information content (AvgIpc) is 2.27. The summed E-state index contributed by atoms with van der Waals surface area (Å²) in [5.41, 5.74) is 0. The zero-order valence-electron chi connectivity index (χ0n) is 11.0. The molecule has 1 unspecified atom stereocenters. The number of carbonyl (C=O) groups is 1. The lowest BCUT2D eigenvalue weighted by molar-refractivity contribution is -0.143. The predicted molar refractivity (Wildman–Crippen MR) is 71.5 cm³/mol. The SMILES string of the molecule is CCOC(=O)CCCCCNCCCS(C)=O. The lowest BCUT2D eigenvalue weighted by Crippen LogP contribution is -2.18. The Morgan fingerprint density at radius 1 is 1.18 bits per heavy atom. The van der Waals surface area contributed by atoms with Crippen LogP contribution in [-0.2, 0) is 20.3 Å². The van der Waals surface area contributed by atoms with E-state index in [-0.39, 0.29) is 5.97 Å². The van der Waals surface area contributed by atoms with Crippen LogP contribution in [0.15, 0.2) is 0 Å². The first-order valence-corrected chi connectivity index (χ1v) is 8.06. The van der Waals surface area contributed by atoms with E-state index >= 15 is 0 Å². The van der Waals surface area contributed by atoms with E-state index in [1.54, 1.807) is 6.26 Å². The maximum absolute atomic E-state index is 11.0. The highest BCUT2D eigenvalue weighted by Gasteiger charge is 2.00. The van der Waals surface area contributed by atoms with Crippen molar-refractivity contribution in [3.8, 4) is 0 Å². The van der Waals surface area contributed by atoms with E-state index in [1.165, 1.54) is 0 Å². The van der Waals surface area contributed by atoms with Crippen LogP contribution >= 0.6 is 0 Å². The molecule has 0 saturated heterocycles. The molecule has 0 radical (unpaired) electrons. The molecule has 0 amide bonds. The second kappa shape index (κ2) is 12.0. The smallest absolute Gasteiger partial charge is 0.305 e. The van der Waals surface area contributed by atoms with Gasteiger partial charge in [-0.2, -0.15) is 0 Å². The maximum Gasteiger partial charge on any atom is 0.305 e. The summed E-state index contributed by atoms with van der Waals surface area (Å²) in [6.45, 7) is 4.20. The highest BCUT2D eigenvalue weighted by Crippen LogP contribution is 2.00. The third kappa shape index (κ3) is 13.5. The van der Waals surface area contributed by atoms with Crippen molar-refractivity contribution >= 4 is 16.8 Å². The quantitative estimate of drug-likeness (QED) is 0.453. The fraction of sp³-hybridized carbons (Fsp3) is 0.917. The Labute approximate surface area is 107 Å². The third-order valence-corrected chi connectivity index (χ3v) is 3.19. The summed E-state index contributed by atoms with van der Waals surface area (Å²) >= 11 is 0. The molecule has 0 bridgehead atoms. The van der Waals surface area contributed by atoms with Crippen molar-refractivity contribution in [1.82, 2.24) is 5.32 Å². The van der Waals surface area contributed by atoms with Crippen LogP contribution in [0.3, 0.4) is 0 Å². The normalized spacial score (nSPS) is 12.4. The molecule has 17 heavy (non-hydrogen) atoms. The van der Waals surface area contributed by atoms with Crippen LogP contribution in [-0.4, -0.2) is 41.9 Å². The van der Waals surface area contributed by atoms with Gasteiger partial charge in [0.2, 0.25) is 0 Å². The number of nitrogens with one attached hydrogen (secondary N) is 1. The maximum atomic E-state index is 11.0. The third-order valence-electron chi connectivity index (χ3n) is 2.33. The Bertz CT molecular complexity index is 222. The fourth-order valence-corrected chi connectivity index (χ4v) is 2.01. The van der Waals surface area contributed by atoms with E-state index in [1.807, 2.05) is 6.92 Å². The van der Waals surface area contributed by atoms with Gasteiger partial charge in [0.1, 0.15) is 0 Å². The molecule has 5 heteroatoms. The Hall–Kier alpha value is -0.420. The summed E-state index contributed by atoms with van der Waals surface area (Å²) in [6.07, 6.45) is 6.25. The molecule has 1 N–H and O–H groups in total. The first-order chi connectivity index (χ1) is 8.16. The van der Waals surface area contributed by atoms with Gasteiger partial charge in [-0.05, 0) is 39.3 Å². The molecule has 0 aromatic heterocycles. The molecule has 0 aromatic carbocycles. The van der Waals surface area contributed by atoms with Crippen LogP contribution in [0.5, 0.6) is 0 Å². The molecule has 0 saturated carbocycles. The van der Waals surface area contributed by atoms with Crippen LogP contribution in [0.4, 0.5) is 0 Å². The van der Waals surface area contributed by atoms with E-state index in [0.717, 1.165) is 44.5 Å². The molecule has 0 aliphatic carbocycles. The minimum atomic E-state index is -0.675. The molecular weight excluding hydrogens is 238 g/mol. The lowest BCUT2D eigenvalue weighted by Gasteiger charge is -2.04. The van der Waals surface area contributed by atoms with Crippen LogP contribution in [0.2, 0.25) is 0 Å². The number of unbranched alkanes of at least 4 members (excludes halogenated alkanes) is 2. The molecule has 0 fully saturated rings. The molecule has 0 aromatic rings. The topological polar surface area (TPSA) is 55.4 Å². The van der Waals surface area contributed by atoms with Crippen molar-refractivity contribution in [1.29, 1.82) is 0 Å². The minimum Gasteiger partial charge on any atom is -0.466 e. The van der Waals surface area contributed by atoms with E-state index in [9.17, 15) is 9.00 Å². The largest absolute Gasteiger partial charge is 0.466 e. The Balaban J connectivity index is 3.08. The molecule has 0 aliphatic heterocycles. The van der Waals surface area contributed by atoms with Crippen molar-refractivity contribution in [2.24, 2.45) is 0 Å². The van der Waals surface area contributed by atoms with Crippen molar-refractivity contribution in [3.63, 3.8) is 0 Å². The van der Waals surface area contributed by atoms with Crippen molar-refractivity contribution in [2.45, 2.75) is 39.0 Å². The average molecular weight is 263 g/mol. The summed E-state index contributed by atoms with van der Waals surface area (Å²) < 4.78 is 15.6. The number of rotatable bonds is 11. The van der Waals surface area contributed by atoms with E-state index in [2.05, 4.69) is 5.32 Å². The summed E-state index contributed by atoms with van der Waals surface area (Å²) in [4.78, 5) is 11.0. The Kier molecular flexibility index (Phi) is 11.8. The van der Waals surface area contributed by atoms with Crippen LogP contribution < -0.4 is 5.32 Å². The summed E-state index contributed by atoms with van der Waals surface area (Å²) in [5, 5.41) is 3.30. The molecule has 0 heterocycles. The first kappa shape index (κ1) is 16.6. The number of esters is 1. The number of ether oxygens (including phenoxy) is 1. The Morgan fingerprint density at radius 2 is 1.88 bits per heavy atom. The molecule has 0 rings (SSSR count). The highest BCUT2D eigenvalue weighted by molar-refractivity contribution is 7.84. The summed E-state index contributed by atoms with van der Waals surface area (Å²) in [6, 6.07) is 0. The van der Waals surface area contributed by atoms with Gasteiger partial charge in [-0.1, -0.05) is 6.42 Å².